The molecule has 0 aromatic heterocycles. The first-order valence-electron chi connectivity index (χ1n) is 6.81. The van der Waals surface area contributed by atoms with E-state index in [0.717, 1.165) is 19.3 Å². The smallest absolute Gasteiger partial charge is 0.168 e. The van der Waals surface area contributed by atoms with Gasteiger partial charge >= 0.3 is 0 Å². The minimum Gasteiger partial charge on any atom is -0.366 e. The van der Waals surface area contributed by atoms with Crippen molar-refractivity contribution in [2.75, 3.05) is 0 Å². The van der Waals surface area contributed by atoms with Crippen LogP contribution in [0.3, 0.4) is 0 Å². The molecule has 0 spiro atoms. The predicted octanol–water partition coefficient (Wildman–Crippen LogP) is 1.75. The molecule has 2 fully saturated rings. The Morgan fingerprint density at radius 3 is 1.28 bits per heavy atom. The monoisotopic (exact) mass is 260 g/mol. The van der Waals surface area contributed by atoms with Gasteiger partial charge in [-0.05, 0) is 18.3 Å². The lowest BCUT2D eigenvalue weighted by atomic mass is 9.49. The molecule has 108 valence electrons. The maximum atomic E-state index is 9.33. The van der Waals surface area contributed by atoms with Crippen molar-refractivity contribution >= 4 is 0 Å². The van der Waals surface area contributed by atoms with Gasteiger partial charge in [-0.25, -0.2) is 0 Å². The summed E-state index contributed by atoms with van der Waals surface area (Å²) in [5.41, 5.74) is -0.323. The highest BCUT2D eigenvalue weighted by molar-refractivity contribution is 5.07. The van der Waals surface area contributed by atoms with Crippen LogP contribution in [0.2, 0.25) is 0 Å². The Labute approximate surface area is 110 Å². The van der Waals surface area contributed by atoms with Crippen molar-refractivity contribution in [2.24, 2.45) is 10.8 Å². The first-order valence-corrected chi connectivity index (χ1v) is 6.81. The number of hydrogen-bond donors (Lipinski definition) is 4. The lowest BCUT2D eigenvalue weighted by Gasteiger charge is -2.61. The van der Waals surface area contributed by atoms with Gasteiger partial charge in [0.15, 0.2) is 11.6 Å². The second-order valence-corrected chi connectivity index (χ2v) is 7.05. The highest BCUT2D eigenvalue weighted by Gasteiger charge is 2.63. The minimum atomic E-state index is -1.45. The molecule has 0 radical (unpaired) electrons. The van der Waals surface area contributed by atoms with Gasteiger partial charge in [-0.15, -0.1) is 0 Å². The van der Waals surface area contributed by atoms with E-state index >= 15 is 0 Å². The molecule has 0 bridgehead atoms. The predicted molar refractivity (Wildman–Crippen MR) is 69.6 cm³/mol. The molecule has 2 aliphatic carbocycles. The van der Waals surface area contributed by atoms with Crippen molar-refractivity contribution in [3.8, 4) is 0 Å². The first-order chi connectivity index (χ1) is 7.91. The van der Waals surface area contributed by atoms with E-state index in [1.807, 2.05) is 13.8 Å². The molecule has 4 heteroatoms. The van der Waals surface area contributed by atoms with Crippen molar-refractivity contribution < 1.29 is 20.4 Å². The first kappa shape index (κ1) is 15.9. The Hall–Kier alpha value is -0.160. The number of rotatable bonds is 0. The maximum absolute atomic E-state index is 9.33. The minimum absolute atomic E-state index is 0.0521. The van der Waals surface area contributed by atoms with Crippen LogP contribution in [0.25, 0.3) is 0 Å². The van der Waals surface area contributed by atoms with E-state index in [-0.39, 0.29) is 10.8 Å². The van der Waals surface area contributed by atoms with Gasteiger partial charge in [0.2, 0.25) is 0 Å². The zero-order valence-corrected chi connectivity index (χ0v) is 12.0. The van der Waals surface area contributed by atoms with Gasteiger partial charge in [-0.1, -0.05) is 34.1 Å². The summed E-state index contributed by atoms with van der Waals surface area (Å²) in [5.74, 6) is -2.77. The van der Waals surface area contributed by atoms with Crippen LogP contribution in [0.1, 0.15) is 66.2 Å². The lowest BCUT2D eigenvalue weighted by Crippen LogP contribution is -2.65. The van der Waals surface area contributed by atoms with Crippen molar-refractivity contribution in [3.05, 3.63) is 0 Å². The van der Waals surface area contributed by atoms with Crippen LogP contribution in [0.5, 0.6) is 0 Å². The van der Waals surface area contributed by atoms with E-state index in [1.54, 1.807) is 0 Å². The van der Waals surface area contributed by atoms with Crippen LogP contribution in [0, 0.1) is 10.8 Å². The Morgan fingerprint density at radius 2 is 1.17 bits per heavy atom. The summed E-state index contributed by atoms with van der Waals surface area (Å²) in [6, 6.07) is 0. The summed E-state index contributed by atoms with van der Waals surface area (Å²) in [6.07, 6.45) is 4.69. The number of aliphatic hydroxyl groups is 4. The molecule has 0 aromatic rings. The van der Waals surface area contributed by atoms with Crippen LogP contribution >= 0.6 is 0 Å². The van der Waals surface area contributed by atoms with Crippen LogP contribution < -0.4 is 0 Å². The molecule has 0 unspecified atom stereocenters. The van der Waals surface area contributed by atoms with Crippen molar-refractivity contribution in [2.45, 2.75) is 77.8 Å². The average Bonchev–Trinajstić information content (AvgIpc) is 2.15. The van der Waals surface area contributed by atoms with Crippen molar-refractivity contribution in [1.29, 1.82) is 0 Å². The van der Waals surface area contributed by atoms with Crippen molar-refractivity contribution in [3.63, 3.8) is 0 Å². The Bertz CT molecular complexity index is 268. The van der Waals surface area contributed by atoms with Gasteiger partial charge in [0.25, 0.3) is 0 Å². The maximum Gasteiger partial charge on any atom is 0.168 e. The summed E-state index contributed by atoms with van der Waals surface area (Å²) in [7, 11) is 0. The Kier molecular flexibility index (Phi) is 4.19. The summed E-state index contributed by atoms with van der Waals surface area (Å²) in [5, 5.41) is 36.5. The molecule has 0 heterocycles. The topological polar surface area (TPSA) is 80.9 Å². The van der Waals surface area contributed by atoms with Gasteiger partial charge in [0.05, 0.1) is 0 Å². The Morgan fingerprint density at radius 1 is 0.722 bits per heavy atom. The van der Waals surface area contributed by atoms with Gasteiger partial charge in [0.1, 0.15) is 0 Å². The molecule has 0 aromatic carbocycles. The van der Waals surface area contributed by atoms with Crippen LogP contribution in [-0.2, 0) is 0 Å². The van der Waals surface area contributed by atoms with Gasteiger partial charge in [-0.2, -0.15) is 0 Å². The molecule has 0 amide bonds. The molecule has 2 aliphatic rings. The third kappa shape index (κ3) is 3.05. The Balaban J connectivity index is 0.000000184. The fraction of sp³-hybridized carbons (Fsp3) is 1.00. The second kappa shape index (κ2) is 4.75. The molecule has 0 aliphatic heterocycles. The zero-order chi connectivity index (χ0) is 14.2. The van der Waals surface area contributed by atoms with E-state index < -0.39 is 11.6 Å². The molecule has 4 N–H and O–H groups in total. The fourth-order valence-corrected chi connectivity index (χ4v) is 2.61. The highest BCUT2D eigenvalue weighted by atomic mass is 16.5. The van der Waals surface area contributed by atoms with Crippen LogP contribution in [-0.4, -0.2) is 32.0 Å². The summed E-state index contributed by atoms with van der Waals surface area (Å²) < 4.78 is 0. The molecule has 2 saturated carbocycles. The van der Waals surface area contributed by atoms with Crippen molar-refractivity contribution in [1.82, 2.24) is 0 Å². The third-order valence-corrected chi connectivity index (χ3v) is 5.04. The van der Waals surface area contributed by atoms with Crippen LogP contribution in [0.15, 0.2) is 0 Å². The molecular formula is C14H28O4. The highest BCUT2D eigenvalue weighted by Crippen LogP contribution is 2.60. The molecule has 0 saturated heterocycles. The van der Waals surface area contributed by atoms with E-state index in [2.05, 4.69) is 13.8 Å². The molecule has 2 rings (SSSR count). The van der Waals surface area contributed by atoms with Gasteiger partial charge in [-0.3, -0.25) is 0 Å². The standard InChI is InChI=1S/C8H16O2.C6H12O2/c1-6(2)5-8(9,10)7(6,3)4;7-6(8)4-2-1-3-5-6/h9-10H,5H2,1-4H3;7-8H,1-5H2. The van der Waals surface area contributed by atoms with E-state index in [1.165, 1.54) is 0 Å². The SMILES string of the molecule is CC1(C)CC(O)(O)C1(C)C.OC1(O)CCCCC1. The third-order valence-electron chi connectivity index (χ3n) is 5.04. The quantitative estimate of drug-likeness (QED) is 0.500. The molecule has 18 heavy (non-hydrogen) atoms. The lowest BCUT2D eigenvalue weighted by molar-refractivity contribution is -0.350. The van der Waals surface area contributed by atoms with E-state index in [4.69, 9.17) is 10.2 Å². The summed E-state index contributed by atoms with van der Waals surface area (Å²) in [6.45, 7) is 7.88. The summed E-state index contributed by atoms with van der Waals surface area (Å²) in [4.78, 5) is 0. The number of hydrogen-bond acceptors (Lipinski definition) is 4. The van der Waals surface area contributed by atoms with Gasteiger partial charge in [0, 0.05) is 24.7 Å². The van der Waals surface area contributed by atoms with E-state index in [0.29, 0.717) is 19.3 Å². The fourth-order valence-electron chi connectivity index (χ4n) is 2.61. The van der Waals surface area contributed by atoms with E-state index in [9.17, 15) is 10.2 Å². The molecule has 0 atom stereocenters. The van der Waals surface area contributed by atoms with Gasteiger partial charge < -0.3 is 20.4 Å². The normalized spacial score (nSPS) is 30.7. The molecular weight excluding hydrogens is 232 g/mol. The summed E-state index contributed by atoms with van der Waals surface area (Å²) >= 11 is 0. The average molecular weight is 260 g/mol. The largest absolute Gasteiger partial charge is 0.366 e. The zero-order valence-electron chi connectivity index (χ0n) is 12.0. The second-order valence-electron chi connectivity index (χ2n) is 7.05. The van der Waals surface area contributed by atoms with Crippen LogP contribution in [0.4, 0.5) is 0 Å². The molecule has 4 nitrogen and oxygen atoms in total.